The molecule has 0 bridgehead atoms. The Labute approximate surface area is 556 Å². The van der Waals surface area contributed by atoms with E-state index in [1.54, 1.807) is 0 Å². The van der Waals surface area contributed by atoms with Gasteiger partial charge in [0.05, 0.1) is 26.4 Å². The van der Waals surface area contributed by atoms with Gasteiger partial charge in [-0.25, -0.2) is 9.13 Å². The molecule has 0 aromatic heterocycles. The lowest BCUT2D eigenvalue weighted by Gasteiger charge is -2.21. The standard InChI is InChI=1S/C72H140O17P2/c1-6-9-12-15-18-21-23-25-26-27-28-29-31-38-43-48-53-58-72(77)89-68(62-83-70(75)56-51-46-41-36-33-32-35-39-44-49-54-65(4)5)64-87-91(80,81)85-60-66(73)59-84-90(78,79)86-63-67(61-82-69(74)55-50-45-40-34-20-17-14-11-8-3)88-71(76)57-52-47-42-37-30-24-22-19-16-13-10-7-2/h65-68,73H,6-64H2,1-5H3,(H,78,79)(H,80,81)/t66-,67+,68+/m0/s1. The SMILES string of the molecule is CCCCCCCCCCCCCCCCCCCC(=O)O[C@H](COC(=O)CCCCCCCCCCCCC(C)C)COP(=O)(O)OC[C@@H](O)COP(=O)(O)OC[C@@H](COC(=O)CCCCCCCCCCC)OC(=O)CCCCCCCCCCCCCC. The summed E-state index contributed by atoms with van der Waals surface area (Å²) in [5, 5.41) is 10.6. The van der Waals surface area contributed by atoms with Crippen LogP contribution in [0.3, 0.4) is 0 Å². The third kappa shape index (κ3) is 66.5. The highest BCUT2D eigenvalue weighted by atomic mass is 31.2. The number of esters is 4. The molecular formula is C72H140O17P2. The monoisotopic (exact) mass is 1340 g/mol. The summed E-state index contributed by atoms with van der Waals surface area (Å²) >= 11 is 0. The van der Waals surface area contributed by atoms with Crippen LogP contribution in [-0.2, 0) is 65.4 Å². The van der Waals surface area contributed by atoms with Crippen LogP contribution in [0.15, 0.2) is 0 Å². The molecule has 17 nitrogen and oxygen atoms in total. The smallest absolute Gasteiger partial charge is 0.462 e. The summed E-state index contributed by atoms with van der Waals surface area (Å²) in [6, 6.07) is 0. The summed E-state index contributed by atoms with van der Waals surface area (Å²) < 4.78 is 68.3. The van der Waals surface area contributed by atoms with Gasteiger partial charge in [-0.2, -0.15) is 0 Å². The minimum atomic E-state index is -4.95. The second-order valence-corrected chi connectivity index (χ2v) is 29.4. The largest absolute Gasteiger partial charge is 0.472 e. The molecule has 0 rings (SSSR count). The number of phosphoric acid groups is 2. The molecule has 0 aliphatic rings. The second-order valence-electron chi connectivity index (χ2n) is 26.5. The summed E-state index contributed by atoms with van der Waals surface area (Å²) in [7, 11) is -9.90. The topological polar surface area (TPSA) is 237 Å². The quantitative estimate of drug-likeness (QED) is 0.0222. The molecule has 0 heterocycles. The van der Waals surface area contributed by atoms with Crippen LogP contribution in [0.1, 0.15) is 375 Å². The van der Waals surface area contributed by atoms with Crippen molar-refractivity contribution < 1.29 is 80.2 Å². The molecule has 19 heteroatoms. The molecule has 0 spiro atoms. The normalized spacial score (nSPS) is 14.0. The van der Waals surface area contributed by atoms with Gasteiger partial charge in [0.2, 0.25) is 0 Å². The molecule has 0 radical (unpaired) electrons. The molecule has 0 saturated carbocycles. The summed E-state index contributed by atoms with van der Waals surface area (Å²) in [6.07, 6.45) is 52.6. The molecule has 0 aromatic rings. The van der Waals surface area contributed by atoms with Gasteiger partial charge >= 0.3 is 39.5 Å². The molecule has 0 aromatic carbocycles. The predicted octanol–water partition coefficient (Wildman–Crippen LogP) is 20.9. The Kier molecular flexibility index (Phi) is 64.0. The van der Waals surface area contributed by atoms with E-state index in [1.807, 2.05) is 0 Å². The maximum absolute atomic E-state index is 13.0. The van der Waals surface area contributed by atoms with Crippen molar-refractivity contribution in [3.05, 3.63) is 0 Å². The van der Waals surface area contributed by atoms with E-state index in [-0.39, 0.29) is 25.7 Å². The second kappa shape index (κ2) is 65.4. The van der Waals surface area contributed by atoms with E-state index < -0.39 is 97.5 Å². The van der Waals surface area contributed by atoms with Gasteiger partial charge in [-0.1, -0.05) is 324 Å². The molecule has 540 valence electrons. The first-order chi connectivity index (χ1) is 44.0. The number of ether oxygens (including phenoxy) is 4. The van der Waals surface area contributed by atoms with Crippen molar-refractivity contribution in [1.29, 1.82) is 0 Å². The van der Waals surface area contributed by atoms with E-state index in [1.165, 1.54) is 199 Å². The number of unbranched alkanes of at least 4 members (excludes halogenated alkanes) is 44. The first-order valence-electron chi connectivity index (χ1n) is 37.6. The third-order valence-electron chi connectivity index (χ3n) is 16.8. The molecule has 5 atom stereocenters. The molecular weight excluding hydrogens is 1200 g/mol. The average molecular weight is 1340 g/mol. The van der Waals surface area contributed by atoms with Gasteiger partial charge in [0.15, 0.2) is 12.2 Å². The van der Waals surface area contributed by atoms with E-state index in [4.69, 9.17) is 37.0 Å². The van der Waals surface area contributed by atoms with Crippen LogP contribution in [0, 0.1) is 5.92 Å². The summed E-state index contributed by atoms with van der Waals surface area (Å²) in [5.74, 6) is -1.36. The zero-order chi connectivity index (χ0) is 67.0. The van der Waals surface area contributed by atoms with Gasteiger partial charge in [0, 0.05) is 25.7 Å². The summed E-state index contributed by atoms with van der Waals surface area (Å²) in [5.41, 5.74) is 0. The maximum Gasteiger partial charge on any atom is 0.472 e. The van der Waals surface area contributed by atoms with E-state index in [0.29, 0.717) is 25.7 Å². The van der Waals surface area contributed by atoms with Crippen molar-refractivity contribution in [2.75, 3.05) is 39.6 Å². The number of hydrogen-bond acceptors (Lipinski definition) is 15. The number of carbonyl (C=O) groups excluding carboxylic acids is 4. The number of carbonyl (C=O) groups is 4. The van der Waals surface area contributed by atoms with E-state index in [0.717, 1.165) is 95.8 Å². The minimum Gasteiger partial charge on any atom is -0.462 e. The predicted molar refractivity (Wildman–Crippen MR) is 368 cm³/mol. The number of aliphatic hydroxyl groups is 1. The molecule has 3 N–H and O–H groups in total. The fourth-order valence-corrected chi connectivity index (χ4v) is 12.6. The Morgan fingerprint density at radius 3 is 0.747 bits per heavy atom. The molecule has 2 unspecified atom stereocenters. The van der Waals surface area contributed by atoms with Crippen molar-refractivity contribution >= 4 is 39.5 Å². The van der Waals surface area contributed by atoms with Gasteiger partial charge in [0.1, 0.15) is 19.3 Å². The Morgan fingerprint density at radius 2 is 0.505 bits per heavy atom. The van der Waals surface area contributed by atoms with Crippen LogP contribution < -0.4 is 0 Å². The highest BCUT2D eigenvalue weighted by Gasteiger charge is 2.30. The fraction of sp³-hybridized carbons (Fsp3) is 0.944. The molecule has 0 amide bonds. The lowest BCUT2D eigenvalue weighted by atomic mass is 10.0. The maximum atomic E-state index is 13.0. The van der Waals surface area contributed by atoms with Crippen LogP contribution >= 0.6 is 15.6 Å². The third-order valence-corrected chi connectivity index (χ3v) is 18.7. The fourth-order valence-electron chi connectivity index (χ4n) is 11.0. The van der Waals surface area contributed by atoms with Crippen LogP contribution in [-0.4, -0.2) is 96.7 Å². The van der Waals surface area contributed by atoms with Crippen molar-refractivity contribution in [2.45, 2.75) is 393 Å². The van der Waals surface area contributed by atoms with E-state index in [9.17, 15) is 43.2 Å². The lowest BCUT2D eigenvalue weighted by Crippen LogP contribution is -2.30. The Balaban J connectivity index is 5.23. The van der Waals surface area contributed by atoms with Crippen LogP contribution in [0.25, 0.3) is 0 Å². The highest BCUT2D eigenvalue weighted by molar-refractivity contribution is 7.47. The zero-order valence-corrected chi connectivity index (χ0v) is 60.8. The Bertz CT molecular complexity index is 1750. The van der Waals surface area contributed by atoms with Crippen molar-refractivity contribution in [2.24, 2.45) is 5.92 Å². The number of rotatable bonds is 72. The van der Waals surface area contributed by atoms with Gasteiger partial charge < -0.3 is 33.8 Å². The van der Waals surface area contributed by atoms with Crippen molar-refractivity contribution in [3.63, 3.8) is 0 Å². The van der Waals surface area contributed by atoms with E-state index in [2.05, 4.69) is 34.6 Å². The number of aliphatic hydroxyl groups excluding tert-OH is 1. The average Bonchev–Trinajstić information content (AvgIpc) is 2.75. The van der Waals surface area contributed by atoms with Crippen molar-refractivity contribution in [3.8, 4) is 0 Å². The Hall–Kier alpha value is -1.94. The van der Waals surface area contributed by atoms with Gasteiger partial charge in [0.25, 0.3) is 0 Å². The highest BCUT2D eigenvalue weighted by Crippen LogP contribution is 2.45. The van der Waals surface area contributed by atoms with Gasteiger partial charge in [-0.3, -0.25) is 37.3 Å². The molecule has 91 heavy (non-hydrogen) atoms. The number of phosphoric ester groups is 2. The van der Waals surface area contributed by atoms with Gasteiger partial charge in [-0.05, 0) is 31.6 Å². The molecule has 0 aliphatic heterocycles. The molecule has 0 aliphatic carbocycles. The molecule has 0 saturated heterocycles. The first-order valence-corrected chi connectivity index (χ1v) is 40.6. The van der Waals surface area contributed by atoms with Crippen LogP contribution in [0.4, 0.5) is 0 Å². The Morgan fingerprint density at radius 1 is 0.297 bits per heavy atom. The van der Waals surface area contributed by atoms with E-state index >= 15 is 0 Å². The first kappa shape index (κ1) is 89.1. The summed E-state index contributed by atoms with van der Waals surface area (Å²) in [6.45, 7) is 7.25. The minimum absolute atomic E-state index is 0.107. The molecule has 0 fully saturated rings. The van der Waals surface area contributed by atoms with Crippen LogP contribution in [0.2, 0.25) is 0 Å². The number of hydrogen-bond donors (Lipinski definition) is 3. The lowest BCUT2D eigenvalue weighted by molar-refractivity contribution is -0.161. The van der Waals surface area contributed by atoms with Crippen molar-refractivity contribution in [1.82, 2.24) is 0 Å². The van der Waals surface area contributed by atoms with Gasteiger partial charge in [-0.15, -0.1) is 0 Å². The summed E-state index contributed by atoms with van der Waals surface area (Å²) in [4.78, 5) is 72.6. The zero-order valence-electron chi connectivity index (χ0n) is 59.0. The van der Waals surface area contributed by atoms with Crippen LogP contribution in [0.5, 0.6) is 0 Å².